The summed E-state index contributed by atoms with van der Waals surface area (Å²) in [5.74, 6) is -0.409. The summed E-state index contributed by atoms with van der Waals surface area (Å²) < 4.78 is 1.87. The second-order valence-corrected chi connectivity index (χ2v) is 6.45. The number of rotatable bonds is 4. The summed E-state index contributed by atoms with van der Waals surface area (Å²) in [7, 11) is 0. The van der Waals surface area contributed by atoms with Crippen LogP contribution in [-0.4, -0.2) is 27.4 Å². The van der Waals surface area contributed by atoms with Crippen molar-refractivity contribution in [2.24, 2.45) is 5.41 Å². The van der Waals surface area contributed by atoms with Gasteiger partial charge in [0.15, 0.2) is 0 Å². The third kappa shape index (κ3) is 4.42. The number of nitrogens with zero attached hydrogens (tertiary/aromatic N) is 2. The molecule has 6 heteroatoms. The third-order valence-corrected chi connectivity index (χ3v) is 3.36. The fourth-order valence-corrected chi connectivity index (χ4v) is 1.86. The first-order valence-electron chi connectivity index (χ1n) is 7.47. The van der Waals surface area contributed by atoms with Crippen LogP contribution in [0.25, 0.3) is 5.69 Å². The smallest absolute Gasteiger partial charge is 0.246 e. The van der Waals surface area contributed by atoms with Gasteiger partial charge >= 0.3 is 0 Å². The highest BCUT2D eigenvalue weighted by atomic mass is 16.2. The van der Waals surface area contributed by atoms with E-state index in [1.165, 1.54) is 0 Å². The van der Waals surface area contributed by atoms with E-state index in [9.17, 15) is 9.59 Å². The number of anilines is 1. The Morgan fingerprint density at radius 1 is 1.17 bits per heavy atom. The molecule has 0 bridgehead atoms. The van der Waals surface area contributed by atoms with Gasteiger partial charge in [0.2, 0.25) is 11.8 Å². The fourth-order valence-electron chi connectivity index (χ4n) is 1.86. The molecule has 2 aromatic rings. The molecule has 0 saturated heterocycles. The fraction of sp³-hybridized carbons (Fsp3) is 0.353. The Bertz CT molecular complexity index is 670. The molecular formula is C17H22N4O2. The normalized spacial score (nSPS) is 12.5. The van der Waals surface area contributed by atoms with Crippen molar-refractivity contribution in [2.75, 3.05) is 5.32 Å². The minimum Gasteiger partial charge on any atom is -0.344 e. The number of amides is 2. The zero-order chi connectivity index (χ0) is 17.0. The Morgan fingerprint density at radius 2 is 1.83 bits per heavy atom. The predicted molar refractivity (Wildman–Crippen MR) is 89.3 cm³/mol. The predicted octanol–water partition coefficient (Wildman–Crippen LogP) is 2.36. The van der Waals surface area contributed by atoms with Crippen LogP contribution in [0.3, 0.4) is 0 Å². The van der Waals surface area contributed by atoms with E-state index in [2.05, 4.69) is 15.6 Å². The molecule has 0 fully saturated rings. The van der Waals surface area contributed by atoms with E-state index in [1.807, 2.05) is 55.8 Å². The molecule has 0 radical (unpaired) electrons. The number of hydrogen-bond donors (Lipinski definition) is 2. The number of imidazole rings is 1. The van der Waals surface area contributed by atoms with Crippen LogP contribution in [0.15, 0.2) is 43.0 Å². The lowest BCUT2D eigenvalue weighted by Crippen LogP contribution is -2.46. The van der Waals surface area contributed by atoms with Crippen LogP contribution in [0.4, 0.5) is 5.69 Å². The van der Waals surface area contributed by atoms with Crippen LogP contribution in [0.1, 0.15) is 27.7 Å². The number of carbonyl (C=O) groups is 2. The number of carbonyl (C=O) groups excluding carboxylic acids is 2. The second-order valence-electron chi connectivity index (χ2n) is 6.45. The van der Waals surface area contributed by atoms with E-state index in [0.717, 1.165) is 5.69 Å². The van der Waals surface area contributed by atoms with Crippen LogP contribution in [0, 0.1) is 5.41 Å². The Kier molecular flexibility index (Phi) is 4.83. The monoisotopic (exact) mass is 314 g/mol. The minimum atomic E-state index is -0.602. The highest BCUT2D eigenvalue weighted by Crippen LogP contribution is 2.15. The molecule has 6 nitrogen and oxygen atoms in total. The lowest BCUT2D eigenvalue weighted by Gasteiger charge is -2.21. The molecule has 0 aliphatic rings. The lowest BCUT2D eigenvalue weighted by atomic mass is 9.95. The van der Waals surface area contributed by atoms with Gasteiger partial charge in [0.1, 0.15) is 6.04 Å². The summed E-state index contributed by atoms with van der Waals surface area (Å²) in [5.41, 5.74) is 1.10. The molecule has 23 heavy (non-hydrogen) atoms. The molecule has 0 aliphatic carbocycles. The Morgan fingerprint density at radius 3 is 2.35 bits per heavy atom. The van der Waals surface area contributed by atoms with Gasteiger partial charge in [0, 0.05) is 29.2 Å². The summed E-state index contributed by atoms with van der Waals surface area (Å²) >= 11 is 0. The number of aromatic nitrogens is 2. The van der Waals surface area contributed by atoms with Crippen molar-refractivity contribution >= 4 is 17.5 Å². The van der Waals surface area contributed by atoms with Crippen LogP contribution in [-0.2, 0) is 9.59 Å². The molecule has 0 spiro atoms. The maximum Gasteiger partial charge on any atom is 0.246 e. The van der Waals surface area contributed by atoms with Crippen LogP contribution >= 0.6 is 0 Å². The van der Waals surface area contributed by atoms with Crippen molar-refractivity contribution in [3.05, 3.63) is 43.0 Å². The topological polar surface area (TPSA) is 76.0 Å². The van der Waals surface area contributed by atoms with E-state index < -0.39 is 11.5 Å². The van der Waals surface area contributed by atoms with Crippen molar-refractivity contribution in [1.29, 1.82) is 0 Å². The van der Waals surface area contributed by atoms with Gasteiger partial charge in [0.25, 0.3) is 0 Å². The molecule has 1 aromatic carbocycles. The number of nitrogens with one attached hydrogen (secondary N) is 2. The van der Waals surface area contributed by atoms with Gasteiger partial charge in [0.05, 0.1) is 6.33 Å². The average molecular weight is 314 g/mol. The van der Waals surface area contributed by atoms with E-state index in [4.69, 9.17) is 0 Å². The van der Waals surface area contributed by atoms with E-state index in [0.29, 0.717) is 5.69 Å². The quantitative estimate of drug-likeness (QED) is 0.909. The molecular weight excluding hydrogens is 292 g/mol. The zero-order valence-corrected chi connectivity index (χ0v) is 13.8. The highest BCUT2D eigenvalue weighted by Gasteiger charge is 2.25. The molecule has 0 unspecified atom stereocenters. The first-order chi connectivity index (χ1) is 10.8. The summed E-state index contributed by atoms with van der Waals surface area (Å²) in [6, 6.07) is 6.79. The largest absolute Gasteiger partial charge is 0.344 e. The highest BCUT2D eigenvalue weighted by molar-refractivity contribution is 5.97. The second kappa shape index (κ2) is 6.64. The zero-order valence-electron chi connectivity index (χ0n) is 13.8. The Balaban J connectivity index is 1.96. The first-order valence-corrected chi connectivity index (χ1v) is 7.47. The van der Waals surface area contributed by atoms with Gasteiger partial charge in [-0.05, 0) is 31.2 Å². The summed E-state index contributed by atoms with van der Waals surface area (Å²) in [6.45, 7) is 7.09. The van der Waals surface area contributed by atoms with Crippen molar-refractivity contribution in [1.82, 2.24) is 14.9 Å². The maximum atomic E-state index is 12.1. The summed E-state index contributed by atoms with van der Waals surface area (Å²) in [5, 5.41) is 5.50. The number of benzene rings is 1. The molecule has 1 aromatic heterocycles. The molecule has 0 saturated carbocycles. The maximum absolute atomic E-state index is 12.1. The molecule has 2 rings (SSSR count). The van der Waals surface area contributed by atoms with E-state index >= 15 is 0 Å². The SMILES string of the molecule is C[C@@H](NC(=O)C(C)(C)C)C(=O)Nc1ccc(-n2ccnc2)cc1. The molecule has 122 valence electrons. The third-order valence-electron chi connectivity index (χ3n) is 3.36. The number of hydrogen-bond acceptors (Lipinski definition) is 3. The van der Waals surface area contributed by atoms with Crippen molar-refractivity contribution in [3.63, 3.8) is 0 Å². The molecule has 1 heterocycles. The van der Waals surface area contributed by atoms with Gasteiger partial charge in [-0.3, -0.25) is 9.59 Å². The van der Waals surface area contributed by atoms with Crippen LogP contribution in [0.5, 0.6) is 0 Å². The van der Waals surface area contributed by atoms with Gasteiger partial charge in [-0.25, -0.2) is 4.98 Å². The van der Waals surface area contributed by atoms with Crippen molar-refractivity contribution in [3.8, 4) is 5.69 Å². The molecule has 2 amide bonds. The van der Waals surface area contributed by atoms with Crippen LogP contribution < -0.4 is 10.6 Å². The first kappa shape index (κ1) is 16.7. The lowest BCUT2D eigenvalue weighted by molar-refractivity contribution is -0.131. The summed E-state index contributed by atoms with van der Waals surface area (Å²) in [4.78, 5) is 28.0. The van der Waals surface area contributed by atoms with E-state index in [1.54, 1.807) is 19.4 Å². The van der Waals surface area contributed by atoms with Crippen molar-refractivity contribution in [2.45, 2.75) is 33.7 Å². The summed E-state index contributed by atoms with van der Waals surface area (Å²) in [6.07, 6.45) is 5.25. The Hall–Kier alpha value is -2.63. The van der Waals surface area contributed by atoms with Crippen LogP contribution in [0.2, 0.25) is 0 Å². The molecule has 1 atom stereocenters. The average Bonchev–Trinajstić information content (AvgIpc) is 3.01. The molecule has 0 aliphatic heterocycles. The van der Waals surface area contributed by atoms with Gasteiger partial charge in [-0.1, -0.05) is 20.8 Å². The van der Waals surface area contributed by atoms with Crippen molar-refractivity contribution < 1.29 is 9.59 Å². The van der Waals surface area contributed by atoms with E-state index in [-0.39, 0.29) is 11.8 Å². The van der Waals surface area contributed by atoms with Gasteiger partial charge in [-0.15, -0.1) is 0 Å². The Labute approximate surface area is 135 Å². The molecule has 2 N–H and O–H groups in total. The minimum absolute atomic E-state index is 0.157. The van der Waals surface area contributed by atoms with Gasteiger partial charge < -0.3 is 15.2 Å². The van der Waals surface area contributed by atoms with Gasteiger partial charge in [-0.2, -0.15) is 0 Å². The standard InChI is InChI=1S/C17H22N4O2/c1-12(19-16(23)17(2,3)4)15(22)20-13-5-7-14(8-6-13)21-10-9-18-11-21/h5-12H,1-4H3,(H,19,23)(H,20,22)/t12-/m1/s1.